The quantitative estimate of drug-likeness (QED) is 0.721. The molecular weight excluding hydrogens is 176 g/mol. The molecule has 0 atom stereocenters. The summed E-state index contributed by atoms with van der Waals surface area (Å²) in [6.45, 7) is 7.94. The summed E-state index contributed by atoms with van der Waals surface area (Å²) in [5.74, 6) is 0.336. The van der Waals surface area contributed by atoms with E-state index in [4.69, 9.17) is 0 Å². The van der Waals surface area contributed by atoms with Crippen LogP contribution in [0.2, 0.25) is 0 Å². The van der Waals surface area contributed by atoms with Crippen molar-refractivity contribution in [3.05, 3.63) is 0 Å². The first-order valence-electron chi connectivity index (χ1n) is 5.47. The van der Waals surface area contributed by atoms with Crippen LogP contribution in [0.1, 0.15) is 33.6 Å². The maximum absolute atomic E-state index is 12.1. The van der Waals surface area contributed by atoms with E-state index in [0.717, 1.165) is 25.9 Å². The van der Waals surface area contributed by atoms with Gasteiger partial charge in [0.05, 0.1) is 0 Å². The minimum atomic E-state index is -0.0298. The van der Waals surface area contributed by atoms with Crippen LogP contribution in [-0.4, -0.2) is 37.0 Å². The largest absolute Gasteiger partial charge is 0.339 e. The minimum absolute atomic E-state index is 0.0298. The number of rotatable bonds is 5. The summed E-state index contributed by atoms with van der Waals surface area (Å²) in [6.07, 6.45) is 2.13. The monoisotopic (exact) mass is 198 g/mol. The van der Waals surface area contributed by atoms with Gasteiger partial charge in [0.15, 0.2) is 0 Å². The Morgan fingerprint density at radius 3 is 2.43 bits per heavy atom. The number of nitrogens with zero attached hydrogens (tertiary/aromatic N) is 1. The van der Waals surface area contributed by atoms with Crippen molar-refractivity contribution in [2.75, 3.05) is 20.1 Å². The molecule has 0 aromatic heterocycles. The topological polar surface area (TPSA) is 32.3 Å². The second-order valence-electron chi connectivity index (χ2n) is 4.76. The van der Waals surface area contributed by atoms with Gasteiger partial charge in [0.1, 0.15) is 0 Å². The van der Waals surface area contributed by atoms with Crippen LogP contribution in [0.25, 0.3) is 0 Å². The van der Waals surface area contributed by atoms with E-state index in [9.17, 15) is 4.79 Å². The van der Waals surface area contributed by atoms with Crippen molar-refractivity contribution in [1.82, 2.24) is 10.2 Å². The summed E-state index contributed by atoms with van der Waals surface area (Å²) in [4.78, 5) is 14.1. The molecule has 1 N–H and O–H groups in total. The molecule has 0 saturated heterocycles. The number of hydrogen-bond acceptors (Lipinski definition) is 2. The smallest absolute Gasteiger partial charge is 0.228 e. The molecule has 0 aliphatic heterocycles. The first-order chi connectivity index (χ1) is 6.51. The van der Waals surface area contributed by atoms with Gasteiger partial charge in [-0.25, -0.2) is 0 Å². The Morgan fingerprint density at radius 2 is 2.07 bits per heavy atom. The third kappa shape index (κ3) is 2.47. The molecule has 1 rings (SSSR count). The van der Waals surface area contributed by atoms with Gasteiger partial charge in [-0.3, -0.25) is 4.79 Å². The molecule has 0 aromatic rings. The lowest BCUT2D eigenvalue weighted by Crippen LogP contribution is -2.44. The van der Waals surface area contributed by atoms with Gasteiger partial charge >= 0.3 is 0 Å². The van der Waals surface area contributed by atoms with Crippen LogP contribution in [0.15, 0.2) is 0 Å². The molecule has 1 aliphatic carbocycles. The molecule has 1 fully saturated rings. The summed E-state index contributed by atoms with van der Waals surface area (Å²) >= 11 is 0. The van der Waals surface area contributed by atoms with Crippen molar-refractivity contribution < 1.29 is 4.79 Å². The van der Waals surface area contributed by atoms with Gasteiger partial charge in [0.25, 0.3) is 0 Å². The Kier molecular flexibility index (Phi) is 3.53. The summed E-state index contributed by atoms with van der Waals surface area (Å²) in [7, 11) is 1.92. The van der Waals surface area contributed by atoms with Crippen LogP contribution in [0.3, 0.4) is 0 Å². The third-order valence-corrected chi connectivity index (χ3v) is 3.00. The molecule has 14 heavy (non-hydrogen) atoms. The highest BCUT2D eigenvalue weighted by Gasteiger charge is 2.47. The second-order valence-corrected chi connectivity index (χ2v) is 4.76. The molecule has 0 aromatic carbocycles. The lowest BCUT2D eigenvalue weighted by atomic mass is 10.1. The molecule has 3 heteroatoms. The van der Waals surface area contributed by atoms with Crippen molar-refractivity contribution in [3.63, 3.8) is 0 Å². The Morgan fingerprint density at radius 1 is 1.50 bits per heavy atom. The van der Waals surface area contributed by atoms with Crippen LogP contribution in [0.4, 0.5) is 0 Å². The molecule has 0 bridgehead atoms. The number of nitrogens with one attached hydrogen (secondary N) is 1. The molecule has 1 amide bonds. The minimum Gasteiger partial charge on any atom is -0.339 e. The highest BCUT2D eigenvalue weighted by molar-refractivity contribution is 5.85. The van der Waals surface area contributed by atoms with Gasteiger partial charge < -0.3 is 10.2 Å². The van der Waals surface area contributed by atoms with E-state index in [1.807, 2.05) is 11.9 Å². The molecule has 3 nitrogen and oxygen atoms in total. The van der Waals surface area contributed by atoms with Crippen LogP contribution < -0.4 is 5.32 Å². The Hall–Kier alpha value is -0.570. The maximum atomic E-state index is 12.1. The van der Waals surface area contributed by atoms with Gasteiger partial charge in [-0.1, -0.05) is 6.92 Å². The number of carbonyl (C=O) groups is 1. The zero-order valence-corrected chi connectivity index (χ0v) is 9.76. The van der Waals surface area contributed by atoms with Crippen LogP contribution in [-0.2, 0) is 4.79 Å². The number of likely N-dealkylation sites (N-methyl/N-ethyl adjacent to an activating group) is 1. The maximum Gasteiger partial charge on any atom is 0.228 e. The predicted molar refractivity (Wildman–Crippen MR) is 58.1 cm³/mol. The van der Waals surface area contributed by atoms with Gasteiger partial charge in [0, 0.05) is 24.5 Å². The normalized spacial score (nSPS) is 18.4. The highest BCUT2D eigenvalue weighted by Crippen LogP contribution is 2.46. The molecule has 1 saturated carbocycles. The van der Waals surface area contributed by atoms with E-state index in [0.29, 0.717) is 11.9 Å². The van der Waals surface area contributed by atoms with Gasteiger partial charge in [-0.15, -0.1) is 0 Å². The first-order valence-corrected chi connectivity index (χ1v) is 5.47. The summed E-state index contributed by atoms with van der Waals surface area (Å²) in [5, 5.41) is 3.09. The Bertz CT molecular complexity index is 209. The van der Waals surface area contributed by atoms with E-state index < -0.39 is 0 Å². The SMILES string of the molecule is CNCCN(C(=O)C1(C)CC1)C(C)C. The van der Waals surface area contributed by atoms with Crippen LogP contribution >= 0.6 is 0 Å². The molecule has 0 unspecified atom stereocenters. The molecular formula is C11H22N2O. The fraction of sp³-hybridized carbons (Fsp3) is 0.909. The van der Waals surface area contributed by atoms with Crippen LogP contribution in [0.5, 0.6) is 0 Å². The molecule has 1 aliphatic rings. The fourth-order valence-electron chi connectivity index (χ4n) is 1.57. The van der Waals surface area contributed by atoms with Gasteiger partial charge in [0.2, 0.25) is 5.91 Å². The van der Waals surface area contributed by atoms with E-state index in [-0.39, 0.29) is 5.41 Å². The lowest BCUT2D eigenvalue weighted by Gasteiger charge is -2.29. The van der Waals surface area contributed by atoms with Crippen molar-refractivity contribution in [2.24, 2.45) is 5.41 Å². The van der Waals surface area contributed by atoms with Crippen molar-refractivity contribution >= 4 is 5.91 Å². The summed E-state index contributed by atoms with van der Waals surface area (Å²) in [5.41, 5.74) is -0.0298. The zero-order valence-electron chi connectivity index (χ0n) is 9.76. The average Bonchev–Trinajstić information content (AvgIpc) is 2.85. The Balaban J connectivity index is 2.53. The van der Waals surface area contributed by atoms with Crippen molar-refractivity contribution in [2.45, 2.75) is 39.7 Å². The second kappa shape index (κ2) is 4.30. The van der Waals surface area contributed by atoms with Crippen LogP contribution in [0, 0.1) is 5.41 Å². The van der Waals surface area contributed by atoms with Gasteiger partial charge in [-0.05, 0) is 33.7 Å². The summed E-state index contributed by atoms with van der Waals surface area (Å²) < 4.78 is 0. The average molecular weight is 198 g/mol. The standard InChI is InChI=1S/C11H22N2O/c1-9(2)13(8-7-12-4)10(14)11(3)5-6-11/h9,12H,5-8H2,1-4H3. The van der Waals surface area contributed by atoms with E-state index in [1.165, 1.54) is 0 Å². The predicted octanol–water partition coefficient (Wildman–Crippen LogP) is 1.24. The zero-order chi connectivity index (χ0) is 10.8. The van der Waals surface area contributed by atoms with Crippen molar-refractivity contribution in [3.8, 4) is 0 Å². The molecule has 0 spiro atoms. The Labute approximate surface area is 86.9 Å². The molecule has 82 valence electrons. The van der Waals surface area contributed by atoms with Gasteiger partial charge in [-0.2, -0.15) is 0 Å². The third-order valence-electron chi connectivity index (χ3n) is 3.00. The molecule has 0 radical (unpaired) electrons. The van der Waals surface area contributed by atoms with E-state index >= 15 is 0 Å². The number of carbonyl (C=O) groups excluding carboxylic acids is 1. The lowest BCUT2D eigenvalue weighted by molar-refractivity contribution is -0.138. The number of amides is 1. The summed E-state index contributed by atoms with van der Waals surface area (Å²) in [6, 6.07) is 0.313. The molecule has 0 heterocycles. The van der Waals surface area contributed by atoms with Crippen molar-refractivity contribution in [1.29, 1.82) is 0 Å². The fourth-order valence-corrected chi connectivity index (χ4v) is 1.57. The van der Waals surface area contributed by atoms with E-state index in [1.54, 1.807) is 0 Å². The van der Waals surface area contributed by atoms with E-state index in [2.05, 4.69) is 26.1 Å². The number of hydrogen-bond donors (Lipinski definition) is 1. The highest BCUT2D eigenvalue weighted by atomic mass is 16.2. The first kappa shape index (κ1) is 11.5.